The number of rotatable bonds is 1. The molecule has 1 aromatic carbocycles. The number of hydrogen-bond acceptors (Lipinski definition) is 3. The zero-order valence-corrected chi connectivity index (χ0v) is 10.3. The summed E-state index contributed by atoms with van der Waals surface area (Å²) in [5.41, 5.74) is 3.23. The minimum atomic E-state index is 0.359. The summed E-state index contributed by atoms with van der Waals surface area (Å²) in [4.78, 5) is 0. The van der Waals surface area contributed by atoms with Crippen molar-refractivity contribution in [1.29, 1.82) is 0 Å². The molecule has 2 N–H and O–H groups in total. The van der Waals surface area contributed by atoms with Gasteiger partial charge in [-0.2, -0.15) is 5.10 Å². The summed E-state index contributed by atoms with van der Waals surface area (Å²) in [6, 6.07) is 3.94. The van der Waals surface area contributed by atoms with Gasteiger partial charge in [0.2, 0.25) is 0 Å². The van der Waals surface area contributed by atoms with Crippen LogP contribution in [0.25, 0.3) is 0 Å². The Hall–Kier alpha value is -1.03. The van der Waals surface area contributed by atoms with Crippen LogP contribution in [0.2, 0.25) is 0 Å². The minimum Gasteiger partial charge on any atom is -0.496 e. The van der Waals surface area contributed by atoms with Crippen molar-refractivity contribution < 1.29 is 4.74 Å². The van der Waals surface area contributed by atoms with Gasteiger partial charge >= 0.3 is 0 Å². The van der Waals surface area contributed by atoms with Crippen molar-refractivity contribution in [3.05, 3.63) is 27.7 Å². The molecule has 0 aromatic heterocycles. The number of nitrogens with two attached hydrogens (primary N) is 1. The largest absolute Gasteiger partial charge is 0.496 e. The lowest BCUT2D eigenvalue weighted by Crippen LogP contribution is -2.09. The Bertz CT molecular complexity index is 429. The smallest absolute Gasteiger partial charge is 0.128 e. The van der Waals surface area contributed by atoms with Gasteiger partial charge in [-0.05, 0) is 24.1 Å². The van der Waals surface area contributed by atoms with Gasteiger partial charge in [-0.25, -0.2) is 0 Å². The Labute approximate surface area is 97.4 Å². The van der Waals surface area contributed by atoms with E-state index < -0.39 is 0 Å². The van der Waals surface area contributed by atoms with Crippen molar-refractivity contribution in [3.8, 4) is 5.75 Å². The lowest BCUT2D eigenvalue weighted by atomic mass is 10.1. The van der Waals surface area contributed by atoms with Crippen LogP contribution >= 0.6 is 15.9 Å². The molecule has 0 radical (unpaired) electrons. The van der Waals surface area contributed by atoms with Gasteiger partial charge < -0.3 is 10.6 Å². The predicted octanol–water partition coefficient (Wildman–Crippen LogP) is 2.31. The Morgan fingerprint density at radius 1 is 1.53 bits per heavy atom. The van der Waals surface area contributed by atoms with E-state index in [0.29, 0.717) is 5.92 Å². The first-order valence-corrected chi connectivity index (χ1v) is 5.61. The average Bonchev–Trinajstić information content (AvgIpc) is 2.56. The van der Waals surface area contributed by atoms with E-state index in [1.54, 1.807) is 7.11 Å². The topological polar surface area (TPSA) is 47.6 Å². The number of nitrogens with zero attached hydrogens (tertiary/aromatic N) is 1. The maximum Gasteiger partial charge on any atom is 0.128 e. The van der Waals surface area contributed by atoms with E-state index in [1.165, 1.54) is 5.56 Å². The molecule has 80 valence electrons. The van der Waals surface area contributed by atoms with Gasteiger partial charge in [-0.15, -0.1) is 0 Å². The molecule has 1 unspecified atom stereocenters. The standard InChI is InChI=1S/C11H13BrN2O/c1-6-5-7-8(12)3-4-9(15-2)10(7)11(6)14-13/h3-4,6H,5,13H2,1-2H3. The van der Waals surface area contributed by atoms with Gasteiger partial charge in [0.25, 0.3) is 0 Å². The molecule has 4 heteroatoms. The average molecular weight is 269 g/mol. The highest BCUT2D eigenvalue weighted by Gasteiger charge is 2.29. The Morgan fingerprint density at radius 3 is 2.87 bits per heavy atom. The van der Waals surface area contributed by atoms with Gasteiger partial charge in [0, 0.05) is 16.0 Å². The molecule has 0 amide bonds. The number of fused-ring (bicyclic) bond motifs is 1. The molecule has 0 spiro atoms. The second-order valence-electron chi connectivity index (χ2n) is 3.72. The summed E-state index contributed by atoms with van der Waals surface area (Å²) in [5, 5.41) is 3.88. The van der Waals surface area contributed by atoms with Crippen molar-refractivity contribution in [2.75, 3.05) is 7.11 Å². The summed E-state index contributed by atoms with van der Waals surface area (Å²) in [7, 11) is 1.67. The van der Waals surface area contributed by atoms with Gasteiger partial charge in [0.15, 0.2) is 0 Å². The summed E-state index contributed by atoms with van der Waals surface area (Å²) >= 11 is 3.54. The number of methoxy groups -OCH3 is 1. The SMILES string of the molecule is COc1ccc(Br)c2c1C(=NN)C(C)C2. The van der Waals surface area contributed by atoms with Crippen LogP contribution in [0.3, 0.4) is 0 Å². The first kappa shape index (κ1) is 10.5. The molecule has 0 bridgehead atoms. The van der Waals surface area contributed by atoms with Gasteiger partial charge in [0.05, 0.1) is 12.8 Å². The van der Waals surface area contributed by atoms with Gasteiger partial charge in [-0.1, -0.05) is 22.9 Å². The monoisotopic (exact) mass is 268 g/mol. The fraction of sp³-hybridized carbons (Fsp3) is 0.364. The van der Waals surface area contributed by atoms with Crippen molar-refractivity contribution in [1.82, 2.24) is 0 Å². The summed E-state index contributed by atoms with van der Waals surface area (Å²) in [6.07, 6.45) is 0.961. The summed E-state index contributed by atoms with van der Waals surface area (Å²) in [6.45, 7) is 2.12. The van der Waals surface area contributed by atoms with Gasteiger partial charge in [-0.3, -0.25) is 0 Å². The van der Waals surface area contributed by atoms with Crippen molar-refractivity contribution in [3.63, 3.8) is 0 Å². The van der Waals surface area contributed by atoms with E-state index in [-0.39, 0.29) is 0 Å². The third-order valence-corrected chi connectivity index (χ3v) is 3.55. The van der Waals surface area contributed by atoms with Crippen molar-refractivity contribution in [2.24, 2.45) is 16.9 Å². The van der Waals surface area contributed by atoms with E-state index in [0.717, 1.165) is 27.9 Å². The molecule has 0 fully saturated rings. The fourth-order valence-electron chi connectivity index (χ4n) is 2.09. The molecule has 0 aliphatic heterocycles. The number of hydrogen-bond donors (Lipinski definition) is 1. The molecular weight excluding hydrogens is 256 g/mol. The molecule has 0 heterocycles. The summed E-state index contributed by atoms with van der Waals surface area (Å²) in [5.74, 6) is 6.64. The van der Waals surface area contributed by atoms with E-state index in [4.69, 9.17) is 10.6 Å². The van der Waals surface area contributed by atoms with Crippen LogP contribution < -0.4 is 10.6 Å². The van der Waals surface area contributed by atoms with Crippen LogP contribution in [0.1, 0.15) is 18.1 Å². The summed E-state index contributed by atoms with van der Waals surface area (Å²) < 4.78 is 6.44. The minimum absolute atomic E-state index is 0.359. The van der Waals surface area contributed by atoms with Gasteiger partial charge in [0.1, 0.15) is 5.75 Å². The van der Waals surface area contributed by atoms with Crippen LogP contribution in [-0.4, -0.2) is 12.8 Å². The maximum atomic E-state index is 5.43. The van der Waals surface area contributed by atoms with Crippen LogP contribution in [0, 0.1) is 5.92 Å². The lowest BCUT2D eigenvalue weighted by molar-refractivity contribution is 0.413. The van der Waals surface area contributed by atoms with Crippen LogP contribution in [-0.2, 0) is 6.42 Å². The number of hydrazone groups is 1. The molecule has 1 aliphatic carbocycles. The molecular formula is C11H13BrN2O. The molecule has 15 heavy (non-hydrogen) atoms. The van der Waals surface area contributed by atoms with Crippen LogP contribution in [0.4, 0.5) is 0 Å². The molecule has 1 atom stereocenters. The Balaban J connectivity index is 2.67. The fourth-order valence-corrected chi connectivity index (χ4v) is 2.58. The zero-order valence-electron chi connectivity index (χ0n) is 8.75. The molecule has 1 aliphatic rings. The highest BCUT2D eigenvalue weighted by atomic mass is 79.9. The first-order chi connectivity index (χ1) is 7.19. The number of benzene rings is 1. The third-order valence-electron chi connectivity index (χ3n) is 2.81. The zero-order chi connectivity index (χ0) is 11.0. The van der Waals surface area contributed by atoms with E-state index in [1.807, 2.05) is 12.1 Å². The lowest BCUT2D eigenvalue weighted by Gasteiger charge is -2.09. The predicted molar refractivity (Wildman–Crippen MR) is 64.3 cm³/mol. The molecule has 3 nitrogen and oxygen atoms in total. The Kier molecular flexibility index (Phi) is 2.69. The number of ether oxygens (including phenoxy) is 1. The third kappa shape index (κ3) is 1.53. The first-order valence-electron chi connectivity index (χ1n) is 4.82. The highest BCUT2D eigenvalue weighted by Crippen LogP contribution is 2.38. The quantitative estimate of drug-likeness (QED) is 0.628. The molecule has 2 rings (SSSR count). The van der Waals surface area contributed by atoms with Crippen molar-refractivity contribution >= 4 is 21.6 Å². The van der Waals surface area contributed by atoms with E-state index >= 15 is 0 Å². The normalized spacial score (nSPS) is 21.8. The van der Waals surface area contributed by atoms with Crippen LogP contribution in [0.5, 0.6) is 5.75 Å². The maximum absolute atomic E-state index is 5.43. The molecule has 0 saturated heterocycles. The second kappa shape index (κ2) is 3.85. The number of halogens is 1. The highest BCUT2D eigenvalue weighted by molar-refractivity contribution is 9.10. The van der Waals surface area contributed by atoms with E-state index in [2.05, 4.69) is 28.0 Å². The van der Waals surface area contributed by atoms with E-state index in [9.17, 15) is 0 Å². The van der Waals surface area contributed by atoms with Crippen molar-refractivity contribution in [2.45, 2.75) is 13.3 Å². The van der Waals surface area contributed by atoms with Crippen LogP contribution in [0.15, 0.2) is 21.7 Å². The molecule has 1 aromatic rings. The molecule has 0 saturated carbocycles. The Morgan fingerprint density at radius 2 is 2.27 bits per heavy atom. The second-order valence-corrected chi connectivity index (χ2v) is 4.58.